The normalized spacial score (nSPS) is 7.70. The van der Waals surface area contributed by atoms with E-state index in [9.17, 15) is 0 Å². The molecule has 0 atom stereocenters. The van der Waals surface area contributed by atoms with Crippen molar-refractivity contribution in [2.24, 2.45) is 7.05 Å². The second kappa shape index (κ2) is 5.49. The number of hydrogen-bond acceptors (Lipinski definition) is 3. The van der Waals surface area contributed by atoms with Crippen LogP contribution in [-0.4, -0.2) is 9.55 Å². The van der Waals surface area contributed by atoms with Gasteiger partial charge in [-0.2, -0.15) is 0 Å². The summed E-state index contributed by atoms with van der Waals surface area (Å²) >= 11 is 9.57. The SMILES string of the molecule is Cn1c([S-])cnc1[S-].[Li+].[Li+]. The van der Waals surface area contributed by atoms with Gasteiger partial charge in [-0.15, -0.1) is 0 Å². The molecule has 0 saturated carbocycles. The summed E-state index contributed by atoms with van der Waals surface area (Å²) in [6.45, 7) is 0. The van der Waals surface area contributed by atoms with E-state index >= 15 is 0 Å². The van der Waals surface area contributed by atoms with Crippen LogP contribution >= 0.6 is 0 Å². The molecule has 0 aromatic carbocycles. The van der Waals surface area contributed by atoms with Gasteiger partial charge in [-0.05, 0) is 5.16 Å². The molecule has 0 fully saturated rings. The van der Waals surface area contributed by atoms with E-state index in [1.165, 1.54) is 0 Å². The molecule has 0 aliphatic heterocycles. The molecule has 6 heteroatoms. The quantitative estimate of drug-likeness (QED) is 0.277. The first-order valence-corrected chi connectivity index (χ1v) is 2.89. The first kappa shape index (κ1) is 13.4. The fourth-order valence-electron chi connectivity index (χ4n) is 0.378. The van der Waals surface area contributed by atoms with Gasteiger partial charge in [0.1, 0.15) is 0 Å². The van der Waals surface area contributed by atoms with E-state index in [0.717, 1.165) is 0 Å². The second-order valence-corrected chi connectivity index (χ2v) is 2.22. The van der Waals surface area contributed by atoms with E-state index in [1.807, 2.05) is 0 Å². The maximum Gasteiger partial charge on any atom is 1.00 e. The monoisotopic (exact) mass is 158 g/mol. The third kappa shape index (κ3) is 2.84. The molecule has 0 amide bonds. The van der Waals surface area contributed by atoms with Gasteiger partial charge in [-0.25, -0.2) is 0 Å². The number of hydrogen-bond donors (Lipinski definition) is 0. The maximum absolute atomic E-state index is 4.81. The molecular weight excluding hydrogens is 154 g/mol. The zero-order valence-corrected chi connectivity index (χ0v) is 7.92. The zero-order valence-electron chi connectivity index (χ0n) is 6.29. The Hall–Kier alpha value is 0.845. The smallest absolute Gasteiger partial charge is 0.761 e. The van der Waals surface area contributed by atoms with Crippen molar-refractivity contribution in [3.63, 3.8) is 0 Å². The van der Waals surface area contributed by atoms with Crippen molar-refractivity contribution in [1.82, 2.24) is 9.55 Å². The number of rotatable bonds is 0. The number of imidazole rings is 1. The van der Waals surface area contributed by atoms with Gasteiger partial charge in [0.05, 0.1) is 0 Å². The largest absolute Gasteiger partial charge is 1.00 e. The fraction of sp³-hybridized carbons (Fsp3) is 0.250. The van der Waals surface area contributed by atoms with Gasteiger partial charge < -0.3 is 29.8 Å². The van der Waals surface area contributed by atoms with E-state index < -0.39 is 0 Å². The van der Waals surface area contributed by atoms with Crippen molar-refractivity contribution in [1.29, 1.82) is 0 Å². The van der Waals surface area contributed by atoms with Gasteiger partial charge in [-0.3, -0.25) is 4.98 Å². The summed E-state index contributed by atoms with van der Waals surface area (Å²) < 4.78 is 1.69. The van der Waals surface area contributed by atoms with Crippen LogP contribution < -0.4 is 37.7 Å². The fourth-order valence-corrected chi connectivity index (χ4v) is 0.726. The summed E-state index contributed by atoms with van der Waals surface area (Å²) in [5.74, 6) is 0. The van der Waals surface area contributed by atoms with Crippen LogP contribution in [-0.2, 0) is 32.3 Å². The van der Waals surface area contributed by atoms with Crippen LogP contribution in [0.15, 0.2) is 16.4 Å². The van der Waals surface area contributed by atoms with Crippen molar-refractivity contribution in [2.45, 2.75) is 10.2 Å². The van der Waals surface area contributed by atoms with Crippen molar-refractivity contribution in [3.8, 4) is 0 Å². The summed E-state index contributed by atoms with van der Waals surface area (Å²) in [4.78, 5) is 3.79. The first-order chi connectivity index (χ1) is 3.72. The van der Waals surface area contributed by atoms with E-state index in [1.54, 1.807) is 17.8 Å². The van der Waals surface area contributed by atoms with Gasteiger partial charge >= 0.3 is 37.7 Å². The topological polar surface area (TPSA) is 17.8 Å². The molecule has 1 heterocycles. The predicted molar refractivity (Wildman–Crippen MR) is 34.5 cm³/mol. The minimum atomic E-state index is 0. The van der Waals surface area contributed by atoms with Crippen LogP contribution in [0.3, 0.4) is 0 Å². The Balaban J connectivity index is 0. The van der Waals surface area contributed by atoms with Crippen LogP contribution in [0.5, 0.6) is 0 Å². The Labute approximate surface area is 95.3 Å². The molecule has 1 aromatic rings. The minimum absolute atomic E-state index is 0. The van der Waals surface area contributed by atoms with E-state index in [2.05, 4.69) is 4.98 Å². The van der Waals surface area contributed by atoms with Gasteiger partial charge in [0.25, 0.3) is 0 Å². The van der Waals surface area contributed by atoms with Crippen molar-refractivity contribution < 1.29 is 37.7 Å². The third-order valence-electron chi connectivity index (χ3n) is 0.903. The molecule has 0 bridgehead atoms. The van der Waals surface area contributed by atoms with Crippen LogP contribution in [0.2, 0.25) is 0 Å². The Morgan fingerprint density at radius 2 is 1.90 bits per heavy atom. The standard InChI is InChI=1S/C4H6N2S2.2Li/c1-6-3(7)2-5-4(6)8;;/h2,7H,1H3,(H,5,8);;/q;2*+1/p-2. The third-order valence-corrected chi connectivity index (χ3v) is 1.66. The molecule has 0 saturated heterocycles. The molecule has 0 N–H and O–H groups in total. The Morgan fingerprint density at radius 1 is 1.40 bits per heavy atom. The van der Waals surface area contributed by atoms with Gasteiger partial charge in [0, 0.05) is 13.2 Å². The Bertz CT molecular complexity index is 182. The molecule has 0 spiro atoms. The molecular formula is C4H4Li2N2S2. The molecule has 44 valence electrons. The van der Waals surface area contributed by atoms with E-state index in [-0.39, 0.29) is 37.7 Å². The second-order valence-electron chi connectivity index (χ2n) is 1.44. The molecule has 1 aromatic heterocycles. The number of aromatic nitrogens is 2. The molecule has 0 unspecified atom stereocenters. The van der Waals surface area contributed by atoms with Crippen LogP contribution in [0.25, 0.3) is 0 Å². The van der Waals surface area contributed by atoms with Gasteiger partial charge in [-0.1, -0.05) is 5.03 Å². The average molecular weight is 158 g/mol. The van der Waals surface area contributed by atoms with Gasteiger partial charge in [0.2, 0.25) is 0 Å². The van der Waals surface area contributed by atoms with Crippen molar-refractivity contribution in [3.05, 3.63) is 6.20 Å². The van der Waals surface area contributed by atoms with Gasteiger partial charge in [0.15, 0.2) is 0 Å². The predicted octanol–water partition coefficient (Wildman–Crippen LogP) is -5.76. The zero-order chi connectivity index (χ0) is 6.15. The number of nitrogens with zero attached hydrogens (tertiary/aromatic N) is 2. The minimum Gasteiger partial charge on any atom is -0.761 e. The Kier molecular flexibility index (Phi) is 7.38. The molecule has 10 heavy (non-hydrogen) atoms. The summed E-state index contributed by atoms with van der Waals surface area (Å²) in [7, 11) is 1.80. The molecule has 2 nitrogen and oxygen atoms in total. The summed E-state index contributed by atoms with van der Waals surface area (Å²) in [6.07, 6.45) is 1.58. The van der Waals surface area contributed by atoms with Crippen LogP contribution in [0.1, 0.15) is 0 Å². The van der Waals surface area contributed by atoms with Crippen LogP contribution in [0, 0.1) is 0 Å². The molecule has 0 aliphatic carbocycles. The summed E-state index contributed by atoms with van der Waals surface area (Å²) in [6, 6.07) is 0. The molecule has 0 radical (unpaired) electrons. The van der Waals surface area contributed by atoms with E-state index in [4.69, 9.17) is 25.3 Å². The van der Waals surface area contributed by atoms with Crippen LogP contribution in [0.4, 0.5) is 0 Å². The maximum atomic E-state index is 4.81. The van der Waals surface area contributed by atoms with E-state index in [0.29, 0.717) is 10.2 Å². The Morgan fingerprint density at radius 3 is 2.00 bits per heavy atom. The molecule has 1 rings (SSSR count). The average Bonchev–Trinajstić information content (AvgIpc) is 1.98. The molecule has 0 aliphatic rings. The van der Waals surface area contributed by atoms with Crippen molar-refractivity contribution in [2.75, 3.05) is 0 Å². The first-order valence-electron chi connectivity index (χ1n) is 2.07. The van der Waals surface area contributed by atoms with Crippen molar-refractivity contribution >= 4 is 25.3 Å². The summed E-state index contributed by atoms with van der Waals surface area (Å²) in [5, 5.41) is 1.24. The summed E-state index contributed by atoms with van der Waals surface area (Å²) in [5.41, 5.74) is 0.